The summed E-state index contributed by atoms with van der Waals surface area (Å²) in [6.07, 6.45) is 0.977. The van der Waals surface area contributed by atoms with Crippen LogP contribution < -0.4 is 11.1 Å². The van der Waals surface area contributed by atoms with Crippen LogP contribution in [0.3, 0.4) is 0 Å². The molecule has 0 spiro atoms. The molecule has 1 amide bonds. The van der Waals surface area contributed by atoms with E-state index in [2.05, 4.69) is 17.2 Å². The zero-order valence-corrected chi connectivity index (χ0v) is 13.7. The van der Waals surface area contributed by atoms with Crippen molar-refractivity contribution in [2.45, 2.75) is 19.3 Å². The number of nitrogens with one attached hydrogen (secondary N) is 1. The van der Waals surface area contributed by atoms with Gasteiger partial charge in [0.25, 0.3) is 0 Å². The van der Waals surface area contributed by atoms with Crippen LogP contribution in [0.15, 0.2) is 35.3 Å². The Hall–Kier alpha value is -2.08. The predicted molar refractivity (Wildman–Crippen MR) is 91.4 cm³/mol. The Balaban J connectivity index is 2.10. The van der Waals surface area contributed by atoms with Crippen molar-refractivity contribution in [3.05, 3.63) is 35.9 Å². The van der Waals surface area contributed by atoms with E-state index in [0.29, 0.717) is 38.8 Å². The highest BCUT2D eigenvalue weighted by Crippen LogP contribution is 2.20. The molecule has 1 fully saturated rings. The second-order valence-corrected chi connectivity index (χ2v) is 5.55. The van der Waals surface area contributed by atoms with Gasteiger partial charge in [0.1, 0.15) is 0 Å². The van der Waals surface area contributed by atoms with Gasteiger partial charge in [-0.15, -0.1) is 0 Å². The largest absolute Gasteiger partial charge is 0.378 e. The van der Waals surface area contributed by atoms with Crippen molar-refractivity contribution < 1.29 is 9.53 Å². The molecule has 0 aliphatic carbocycles. The molecule has 6 nitrogen and oxygen atoms in total. The number of amides is 1. The highest BCUT2D eigenvalue weighted by molar-refractivity contribution is 5.85. The van der Waals surface area contributed by atoms with E-state index >= 15 is 0 Å². The lowest BCUT2D eigenvalue weighted by Gasteiger charge is -2.30. The van der Waals surface area contributed by atoms with Crippen molar-refractivity contribution in [1.82, 2.24) is 10.2 Å². The second kappa shape index (κ2) is 9.15. The van der Waals surface area contributed by atoms with Gasteiger partial charge in [0, 0.05) is 19.6 Å². The highest BCUT2D eigenvalue weighted by Gasteiger charge is 2.27. The summed E-state index contributed by atoms with van der Waals surface area (Å²) >= 11 is 0. The Morgan fingerprint density at radius 2 is 2.04 bits per heavy atom. The molecule has 0 saturated carbocycles. The van der Waals surface area contributed by atoms with Gasteiger partial charge in [-0.3, -0.25) is 9.79 Å². The van der Waals surface area contributed by atoms with Crippen LogP contribution in [-0.4, -0.2) is 56.2 Å². The number of rotatable bonds is 6. The summed E-state index contributed by atoms with van der Waals surface area (Å²) in [5.74, 6) is 0.172. The van der Waals surface area contributed by atoms with Crippen LogP contribution in [0, 0.1) is 0 Å². The molecule has 0 radical (unpaired) electrons. The summed E-state index contributed by atoms with van der Waals surface area (Å²) < 4.78 is 5.33. The number of aliphatic imine (C=N–C) groups is 1. The van der Waals surface area contributed by atoms with E-state index in [0.717, 1.165) is 18.5 Å². The number of guanidine groups is 1. The third kappa shape index (κ3) is 5.25. The summed E-state index contributed by atoms with van der Waals surface area (Å²) in [5, 5.41) is 3.04. The van der Waals surface area contributed by atoms with E-state index in [9.17, 15) is 4.79 Å². The molecule has 2 rings (SSSR count). The molecule has 1 aliphatic rings. The first-order valence-corrected chi connectivity index (χ1v) is 8.17. The molecule has 1 aromatic rings. The lowest BCUT2D eigenvalue weighted by atomic mass is 9.97. The molecule has 3 N–H and O–H groups in total. The molecule has 1 atom stereocenters. The van der Waals surface area contributed by atoms with E-state index in [1.165, 1.54) is 0 Å². The van der Waals surface area contributed by atoms with Crippen molar-refractivity contribution in [2.24, 2.45) is 10.7 Å². The van der Waals surface area contributed by atoms with Gasteiger partial charge in [0.15, 0.2) is 5.96 Å². The normalized spacial score (nSPS) is 16.9. The molecule has 1 unspecified atom stereocenters. The van der Waals surface area contributed by atoms with E-state index in [4.69, 9.17) is 10.5 Å². The van der Waals surface area contributed by atoms with Crippen molar-refractivity contribution in [1.29, 1.82) is 0 Å². The maximum Gasteiger partial charge on any atom is 0.232 e. The molecule has 126 valence electrons. The number of benzene rings is 1. The van der Waals surface area contributed by atoms with Crippen LogP contribution in [-0.2, 0) is 9.53 Å². The zero-order chi connectivity index (χ0) is 16.5. The van der Waals surface area contributed by atoms with Crippen molar-refractivity contribution in [2.75, 3.05) is 39.4 Å². The monoisotopic (exact) mass is 318 g/mol. The lowest BCUT2D eigenvalue weighted by Crippen LogP contribution is -2.44. The number of hydrogen-bond acceptors (Lipinski definition) is 3. The predicted octanol–water partition coefficient (Wildman–Crippen LogP) is 0.943. The molecule has 1 heterocycles. The van der Waals surface area contributed by atoms with Crippen LogP contribution in [0.5, 0.6) is 0 Å². The fourth-order valence-electron chi connectivity index (χ4n) is 2.51. The maximum absolute atomic E-state index is 12.9. The molecule has 1 saturated heterocycles. The summed E-state index contributed by atoms with van der Waals surface area (Å²) in [4.78, 5) is 19.1. The van der Waals surface area contributed by atoms with Crippen LogP contribution in [0.2, 0.25) is 0 Å². The molecule has 0 bridgehead atoms. The average Bonchev–Trinajstić information content (AvgIpc) is 2.61. The quantitative estimate of drug-likeness (QED) is 0.604. The Kier molecular flexibility index (Phi) is 6.87. The topological polar surface area (TPSA) is 79.9 Å². The number of nitrogens with two attached hydrogens (primary N) is 1. The van der Waals surface area contributed by atoms with Gasteiger partial charge in [0.05, 0.1) is 25.7 Å². The van der Waals surface area contributed by atoms with Crippen LogP contribution in [0.25, 0.3) is 0 Å². The van der Waals surface area contributed by atoms with Gasteiger partial charge in [-0.1, -0.05) is 37.3 Å². The average molecular weight is 318 g/mol. The minimum absolute atomic E-state index is 0.0894. The SMILES string of the molecule is CCCNC(N)=NCC(C(=O)N1CCOCC1)c1ccccc1. The number of nitrogens with zero attached hydrogens (tertiary/aromatic N) is 2. The zero-order valence-electron chi connectivity index (χ0n) is 13.7. The fourth-order valence-corrected chi connectivity index (χ4v) is 2.51. The minimum atomic E-state index is -0.309. The second-order valence-electron chi connectivity index (χ2n) is 5.55. The summed E-state index contributed by atoms with van der Waals surface area (Å²) in [6, 6.07) is 9.76. The third-order valence-corrected chi connectivity index (χ3v) is 3.82. The number of carbonyl (C=O) groups is 1. The molecule has 6 heteroatoms. The maximum atomic E-state index is 12.9. The fraction of sp³-hybridized carbons (Fsp3) is 0.529. The van der Waals surface area contributed by atoms with Crippen LogP contribution >= 0.6 is 0 Å². The molecule has 1 aromatic carbocycles. The first kappa shape index (κ1) is 17.3. The minimum Gasteiger partial charge on any atom is -0.378 e. The Morgan fingerprint density at radius 3 is 2.70 bits per heavy atom. The first-order valence-electron chi connectivity index (χ1n) is 8.17. The van der Waals surface area contributed by atoms with Gasteiger partial charge in [-0.2, -0.15) is 0 Å². The van der Waals surface area contributed by atoms with Crippen molar-refractivity contribution >= 4 is 11.9 Å². The smallest absolute Gasteiger partial charge is 0.232 e. The van der Waals surface area contributed by atoms with Gasteiger partial charge in [-0.25, -0.2) is 0 Å². The molecule has 0 aromatic heterocycles. The third-order valence-electron chi connectivity index (χ3n) is 3.82. The number of ether oxygens (including phenoxy) is 1. The standard InChI is InChI=1S/C17H26N4O2/c1-2-8-19-17(18)20-13-15(14-6-4-3-5-7-14)16(22)21-9-11-23-12-10-21/h3-7,15H,2,8-13H2,1H3,(H3,18,19,20). The van der Waals surface area contributed by atoms with E-state index in [1.807, 2.05) is 35.2 Å². The van der Waals surface area contributed by atoms with E-state index < -0.39 is 0 Å². The van der Waals surface area contributed by atoms with E-state index in [-0.39, 0.29) is 11.8 Å². The Morgan fingerprint density at radius 1 is 1.35 bits per heavy atom. The Labute approximate surface area is 137 Å². The van der Waals surface area contributed by atoms with E-state index in [1.54, 1.807) is 0 Å². The molecule has 1 aliphatic heterocycles. The number of hydrogen-bond donors (Lipinski definition) is 2. The molecule has 23 heavy (non-hydrogen) atoms. The number of morpholine rings is 1. The highest BCUT2D eigenvalue weighted by atomic mass is 16.5. The molecular weight excluding hydrogens is 292 g/mol. The van der Waals surface area contributed by atoms with Crippen LogP contribution in [0.1, 0.15) is 24.8 Å². The van der Waals surface area contributed by atoms with Gasteiger partial charge >= 0.3 is 0 Å². The summed E-state index contributed by atoms with van der Waals surface area (Å²) in [6.45, 7) is 5.65. The van der Waals surface area contributed by atoms with Crippen molar-refractivity contribution in [3.8, 4) is 0 Å². The number of carbonyl (C=O) groups excluding carboxylic acids is 1. The summed E-state index contributed by atoms with van der Waals surface area (Å²) in [5.41, 5.74) is 6.83. The lowest BCUT2D eigenvalue weighted by molar-refractivity contribution is -0.136. The summed E-state index contributed by atoms with van der Waals surface area (Å²) in [7, 11) is 0. The van der Waals surface area contributed by atoms with Crippen molar-refractivity contribution in [3.63, 3.8) is 0 Å². The molecular formula is C17H26N4O2. The van der Waals surface area contributed by atoms with Gasteiger partial charge < -0.3 is 20.7 Å². The van der Waals surface area contributed by atoms with Crippen LogP contribution in [0.4, 0.5) is 0 Å². The van der Waals surface area contributed by atoms with Gasteiger partial charge in [0.2, 0.25) is 5.91 Å². The Bertz CT molecular complexity index is 513. The first-order chi connectivity index (χ1) is 11.2. The van der Waals surface area contributed by atoms with Gasteiger partial charge in [-0.05, 0) is 12.0 Å².